The molecule has 17 heavy (non-hydrogen) atoms. The molecule has 5 nitrogen and oxygen atoms in total. The Labute approximate surface area is 104 Å². The van der Waals surface area contributed by atoms with Gasteiger partial charge in [0.25, 0.3) is 5.91 Å². The monoisotopic (exact) mass is 252 g/mol. The molecular formula is C11H16N4OS. The van der Waals surface area contributed by atoms with E-state index in [0.29, 0.717) is 17.4 Å². The van der Waals surface area contributed by atoms with Crippen molar-refractivity contribution < 1.29 is 4.79 Å². The van der Waals surface area contributed by atoms with Gasteiger partial charge in [0.05, 0.1) is 0 Å². The van der Waals surface area contributed by atoms with Gasteiger partial charge in [-0.15, -0.1) is 6.58 Å². The minimum absolute atomic E-state index is 0.125. The third-order valence-electron chi connectivity index (χ3n) is 2.49. The molecule has 1 amide bonds. The maximum atomic E-state index is 11.9. The van der Waals surface area contributed by atoms with Crippen molar-refractivity contribution in [2.45, 2.75) is 25.3 Å². The van der Waals surface area contributed by atoms with Crippen LogP contribution >= 0.6 is 11.5 Å². The van der Waals surface area contributed by atoms with Gasteiger partial charge in [-0.2, -0.15) is 4.37 Å². The van der Waals surface area contributed by atoms with E-state index in [-0.39, 0.29) is 5.91 Å². The fourth-order valence-electron chi connectivity index (χ4n) is 1.42. The predicted molar refractivity (Wildman–Crippen MR) is 70.3 cm³/mol. The van der Waals surface area contributed by atoms with Crippen LogP contribution in [0.1, 0.15) is 29.6 Å². The third kappa shape index (κ3) is 2.97. The Hall–Kier alpha value is -1.56. The zero-order valence-electron chi connectivity index (χ0n) is 9.53. The number of carbonyl (C=O) groups excluding carboxylic acids is 1. The van der Waals surface area contributed by atoms with Crippen LogP contribution in [0.4, 0.5) is 10.8 Å². The van der Waals surface area contributed by atoms with Crippen molar-refractivity contribution in [1.82, 2.24) is 9.69 Å². The lowest BCUT2D eigenvalue weighted by atomic mass is 10.3. The molecule has 1 aliphatic rings. The van der Waals surface area contributed by atoms with Crippen LogP contribution in [0.2, 0.25) is 0 Å². The standard InChI is InChI=1S/C11H16N4OS/c1-2-3-6-13-11-8(9(12)15-17-11)10(16)14-7-4-5-7/h2,7,13H,1,3-6H2,(H2,12,15)(H,14,16). The smallest absolute Gasteiger partial charge is 0.258 e. The number of nitrogens with one attached hydrogen (secondary N) is 2. The zero-order valence-corrected chi connectivity index (χ0v) is 10.3. The Balaban J connectivity index is 2.04. The summed E-state index contributed by atoms with van der Waals surface area (Å²) in [4.78, 5) is 11.9. The van der Waals surface area contributed by atoms with E-state index >= 15 is 0 Å². The van der Waals surface area contributed by atoms with Crippen molar-refractivity contribution in [2.24, 2.45) is 0 Å². The summed E-state index contributed by atoms with van der Waals surface area (Å²) in [5.41, 5.74) is 6.20. The van der Waals surface area contributed by atoms with E-state index in [1.54, 1.807) is 0 Å². The van der Waals surface area contributed by atoms with E-state index < -0.39 is 0 Å². The Bertz CT molecular complexity index is 425. The molecule has 1 heterocycles. The Kier molecular flexibility index (Phi) is 3.63. The fraction of sp³-hybridized carbons (Fsp3) is 0.455. The van der Waals surface area contributed by atoms with E-state index in [4.69, 9.17) is 5.73 Å². The molecular weight excluding hydrogens is 236 g/mol. The molecule has 0 spiro atoms. The van der Waals surface area contributed by atoms with Crippen molar-refractivity contribution in [1.29, 1.82) is 0 Å². The molecule has 1 aromatic rings. The van der Waals surface area contributed by atoms with Gasteiger partial charge in [0.2, 0.25) is 0 Å². The van der Waals surface area contributed by atoms with Crippen LogP contribution in [0.5, 0.6) is 0 Å². The summed E-state index contributed by atoms with van der Waals surface area (Å²) < 4.78 is 4.01. The molecule has 6 heteroatoms. The minimum atomic E-state index is -0.125. The number of rotatable bonds is 6. The van der Waals surface area contributed by atoms with Gasteiger partial charge in [0.15, 0.2) is 5.82 Å². The molecule has 0 unspecified atom stereocenters. The van der Waals surface area contributed by atoms with Gasteiger partial charge in [-0.05, 0) is 30.8 Å². The number of carbonyl (C=O) groups is 1. The van der Waals surface area contributed by atoms with Crippen molar-refractivity contribution in [3.8, 4) is 0 Å². The number of hydrogen-bond donors (Lipinski definition) is 3. The first-order valence-corrected chi connectivity index (χ1v) is 6.40. The molecule has 0 aliphatic heterocycles. The molecule has 1 saturated carbocycles. The zero-order chi connectivity index (χ0) is 12.3. The van der Waals surface area contributed by atoms with E-state index in [0.717, 1.165) is 30.8 Å². The number of aromatic nitrogens is 1. The van der Waals surface area contributed by atoms with Crippen molar-refractivity contribution in [2.75, 3.05) is 17.6 Å². The molecule has 0 aromatic carbocycles. The Morgan fingerprint density at radius 1 is 1.65 bits per heavy atom. The number of hydrogen-bond acceptors (Lipinski definition) is 5. The number of amides is 1. The first-order chi connectivity index (χ1) is 8.22. The molecule has 0 bridgehead atoms. The molecule has 1 fully saturated rings. The topological polar surface area (TPSA) is 80.0 Å². The first kappa shape index (κ1) is 11.9. The SMILES string of the molecule is C=CCCNc1snc(N)c1C(=O)NC1CC1. The van der Waals surface area contributed by atoms with Gasteiger partial charge < -0.3 is 16.4 Å². The molecule has 4 N–H and O–H groups in total. The Morgan fingerprint density at radius 3 is 3.06 bits per heavy atom. The highest BCUT2D eigenvalue weighted by molar-refractivity contribution is 7.11. The van der Waals surface area contributed by atoms with Crippen LogP contribution in [0.15, 0.2) is 12.7 Å². The third-order valence-corrected chi connectivity index (χ3v) is 3.31. The lowest BCUT2D eigenvalue weighted by Crippen LogP contribution is -2.26. The summed E-state index contributed by atoms with van der Waals surface area (Å²) in [6.45, 7) is 4.38. The van der Waals surface area contributed by atoms with Gasteiger partial charge >= 0.3 is 0 Å². The van der Waals surface area contributed by atoms with Gasteiger partial charge in [-0.1, -0.05) is 6.08 Å². The second-order valence-corrected chi connectivity index (χ2v) is 4.80. The highest BCUT2D eigenvalue weighted by Crippen LogP contribution is 2.28. The molecule has 1 aromatic heterocycles. The lowest BCUT2D eigenvalue weighted by molar-refractivity contribution is 0.0953. The second-order valence-electron chi connectivity index (χ2n) is 4.02. The van der Waals surface area contributed by atoms with Gasteiger partial charge in [0.1, 0.15) is 10.6 Å². The molecule has 2 rings (SSSR count). The van der Waals surface area contributed by atoms with Crippen LogP contribution < -0.4 is 16.4 Å². The van der Waals surface area contributed by atoms with E-state index in [1.807, 2.05) is 6.08 Å². The Morgan fingerprint density at radius 2 is 2.41 bits per heavy atom. The fourth-order valence-corrected chi connectivity index (χ4v) is 2.15. The van der Waals surface area contributed by atoms with Crippen LogP contribution in [-0.2, 0) is 0 Å². The van der Waals surface area contributed by atoms with Crippen molar-refractivity contribution in [3.05, 3.63) is 18.2 Å². The van der Waals surface area contributed by atoms with E-state index in [1.165, 1.54) is 11.5 Å². The summed E-state index contributed by atoms with van der Waals surface area (Å²) in [6.07, 6.45) is 4.77. The van der Waals surface area contributed by atoms with Crippen LogP contribution in [0.3, 0.4) is 0 Å². The van der Waals surface area contributed by atoms with Crippen LogP contribution in [-0.4, -0.2) is 22.9 Å². The van der Waals surface area contributed by atoms with Crippen molar-refractivity contribution in [3.63, 3.8) is 0 Å². The van der Waals surface area contributed by atoms with Gasteiger partial charge in [-0.25, -0.2) is 0 Å². The van der Waals surface area contributed by atoms with E-state index in [2.05, 4.69) is 21.6 Å². The molecule has 0 radical (unpaired) electrons. The molecule has 0 saturated heterocycles. The maximum absolute atomic E-state index is 11.9. The number of nitrogens with two attached hydrogens (primary N) is 1. The number of nitrogens with zero attached hydrogens (tertiary/aromatic N) is 1. The van der Waals surface area contributed by atoms with Crippen LogP contribution in [0.25, 0.3) is 0 Å². The lowest BCUT2D eigenvalue weighted by Gasteiger charge is -2.06. The quantitative estimate of drug-likeness (QED) is 0.531. The summed E-state index contributed by atoms with van der Waals surface area (Å²) in [5.74, 6) is 0.175. The summed E-state index contributed by atoms with van der Waals surface area (Å²) in [7, 11) is 0. The van der Waals surface area contributed by atoms with Gasteiger partial charge in [-0.3, -0.25) is 4.79 Å². The highest BCUT2D eigenvalue weighted by atomic mass is 32.1. The summed E-state index contributed by atoms with van der Waals surface area (Å²) in [6, 6.07) is 0.322. The molecule has 0 atom stereocenters. The average Bonchev–Trinajstić information content (AvgIpc) is 3.02. The highest BCUT2D eigenvalue weighted by Gasteiger charge is 2.27. The molecule has 92 valence electrons. The number of anilines is 2. The first-order valence-electron chi connectivity index (χ1n) is 5.63. The van der Waals surface area contributed by atoms with E-state index in [9.17, 15) is 4.79 Å². The summed E-state index contributed by atoms with van der Waals surface area (Å²) in [5, 5.41) is 6.81. The van der Waals surface area contributed by atoms with Gasteiger partial charge in [0, 0.05) is 12.6 Å². The normalized spacial score (nSPS) is 14.4. The average molecular weight is 252 g/mol. The van der Waals surface area contributed by atoms with Crippen molar-refractivity contribution >= 4 is 28.3 Å². The predicted octanol–water partition coefficient (Wildman–Crippen LogP) is 1.61. The minimum Gasteiger partial charge on any atom is -0.382 e. The maximum Gasteiger partial charge on any atom is 0.258 e. The second kappa shape index (κ2) is 5.18. The van der Waals surface area contributed by atoms with Crippen LogP contribution in [0, 0.1) is 0 Å². The largest absolute Gasteiger partial charge is 0.382 e. The summed E-state index contributed by atoms with van der Waals surface area (Å²) >= 11 is 1.22. The number of nitrogen functional groups attached to an aromatic ring is 1. The molecule has 1 aliphatic carbocycles.